The highest BCUT2D eigenvalue weighted by molar-refractivity contribution is 5.67. The van der Waals surface area contributed by atoms with Crippen molar-refractivity contribution < 1.29 is 9.53 Å². The van der Waals surface area contributed by atoms with Crippen molar-refractivity contribution in [1.29, 1.82) is 0 Å². The maximum atomic E-state index is 11.7. The number of ether oxygens (including phenoxy) is 1. The molecular formula is C15H33NO2. The molecule has 3 heteroatoms. The van der Waals surface area contributed by atoms with Crippen LogP contribution in [-0.2, 0) is 4.74 Å². The van der Waals surface area contributed by atoms with Crippen LogP contribution in [0.15, 0.2) is 0 Å². The number of carbonyl (C=O) groups excluding carboxylic acids is 1. The van der Waals surface area contributed by atoms with Gasteiger partial charge in [-0.25, -0.2) is 4.79 Å². The number of rotatable bonds is 5. The van der Waals surface area contributed by atoms with Crippen LogP contribution in [-0.4, -0.2) is 30.2 Å². The van der Waals surface area contributed by atoms with E-state index in [0.29, 0.717) is 18.4 Å². The Balaban J connectivity index is 0. The first-order valence-corrected chi connectivity index (χ1v) is 7.19. The van der Waals surface area contributed by atoms with Crippen LogP contribution in [0.2, 0.25) is 0 Å². The number of hydrogen-bond donors (Lipinski definition) is 0. The van der Waals surface area contributed by atoms with Gasteiger partial charge in [0.25, 0.3) is 0 Å². The van der Waals surface area contributed by atoms with E-state index in [1.54, 1.807) is 4.90 Å². The maximum absolute atomic E-state index is 11.7. The highest BCUT2D eigenvalue weighted by Gasteiger charge is 2.19. The number of nitrogens with zero attached hydrogens (tertiary/aromatic N) is 1. The summed E-state index contributed by atoms with van der Waals surface area (Å²) in [5, 5.41) is 0. The molecule has 0 spiro atoms. The third-order valence-electron chi connectivity index (χ3n) is 1.96. The van der Waals surface area contributed by atoms with Crippen molar-refractivity contribution in [2.75, 3.05) is 13.2 Å². The maximum Gasteiger partial charge on any atom is 0.410 e. The fourth-order valence-electron chi connectivity index (χ4n) is 1.21. The lowest BCUT2D eigenvalue weighted by molar-refractivity contribution is 0.0777. The Morgan fingerprint density at radius 1 is 1.00 bits per heavy atom. The first-order valence-electron chi connectivity index (χ1n) is 7.19. The SMILES string of the molecule is CC(C)COC(=O)N(CC(C)C)C(C)C.CCC. The lowest BCUT2D eigenvalue weighted by Crippen LogP contribution is -2.40. The molecule has 110 valence electrons. The van der Waals surface area contributed by atoms with Gasteiger partial charge in [-0.1, -0.05) is 48.0 Å². The Morgan fingerprint density at radius 3 is 1.72 bits per heavy atom. The average molecular weight is 259 g/mol. The topological polar surface area (TPSA) is 29.5 Å². The van der Waals surface area contributed by atoms with Gasteiger partial charge in [0.15, 0.2) is 0 Å². The monoisotopic (exact) mass is 259 g/mol. The summed E-state index contributed by atoms with van der Waals surface area (Å²) in [6.07, 6.45) is 1.06. The molecule has 0 radical (unpaired) electrons. The third kappa shape index (κ3) is 11.7. The van der Waals surface area contributed by atoms with E-state index in [1.165, 1.54) is 6.42 Å². The van der Waals surface area contributed by atoms with E-state index < -0.39 is 0 Å². The van der Waals surface area contributed by atoms with E-state index in [1.807, 2.05) is 27.7 Å². The fourth-order valence-corrected chi connectivity index (χ4v) is 1.21. The Morgan fingerprint density at radius 2 is 1.44 bits per heavy atom. The smallest absolute Gasteiger partial charge is 0.410 e. The summed E-state index contributed by atoms with van der Waals surface area (Å²) in [5.74, 6) is 0.862. The van der Waals surface area contributed by atoms with Gasteiger partial charge in [0.05, 0.1) is 6.61 Å². The summed E-state index contributed by atoms with van der Waals surface area (Å²) in [6, 6.07) is 0.201. The predicted octanol–water partition coefficient (Wildman–Crippen LogP) is 4.56. The van der Waals surface area contributed by atoms with E-state index in [0.717, 1.165) is 6.54 Å². The van der Waals surface area contributed by atoms with Gasteiger partial charge in [0.2, 0.25) is 0 Å². The summed E-state index contributed by atoms with van der Waals surface area (Å²) < 4.78 is 5.21. The minimum Gasteiger partial charge on any atom is -0.449 e. The predicted molar refractivity (Wildman–Crippen MR) is 78.8 cm³/mol. The molecule has 0 aliphatic rings. The molecule has 0 aromatic heterocycles. The summed E-state index contributed by atoms with van der Waals surface area (Å²) >= 11 is 0. The summed E-state index contributed by atoms with van der Waals surface area (Å²) in [5.41, 5.74) is 0. The van der Waals surface area contributed by atoms with Gasteiger partial charge >= 0.3 is 6.09 Å². The Hall–Kier alpha value is -0.730. The molecule has 1 amide bonds. The van der Waals surface area contributed by atoms with Crippen LogP contribution in [0.5, 0.6) is 0 Å². The molecule has 0 heterocycles. The molecule has 0 aromatic carbocycles. The zero-order chi connectivity index (χ0) is 14.7. The number of carbonyl (C=O) groups is 1. The number of hydrogen-bond acceptors (Lipinski definition) is 2. The zero-order valence-corrected chi connectivity index (χ0v) is 13.6. The van der Waals surface area contributed by atoms with Crippen LogP contribution in [0, 0.1) is 11.8 Å². The van der Waals surface area contributed by atoms with Crippen LogP contribution in [0.4, 0.5) is 4.79 Å². The lowest BCUT2D eigenvalue weighted by atomic mass is 10.2. The average Bonchev–Trinajstić information content (AvgIpc) is 2.23. The molecule has 0 bridgehead atoms. The molecule has 0 unspecified atom stereocenters. The third-order valence-corrected chi connectivity index (χ3v) is 1.96. The molecule has 0 N–H and O–H groups in total. The van der Waals surface area contributed by atoms with Gasteiger partial charge in [-0.2, -0.15) is 0 Å². The molecule has 0 saturated heterocycles. The van der Waals surface area contributed by atoms with Crippen LogP contribution in [0.1, 0.15) is 61.8 Å². The van der Waals surface area contributed by atoms with Crippen molar-refractivity contribution in [3.8, 4) is 0 Å². The van der Waals surface area contributed by atoms with Crippen molar-refractivity contribution in [2.45, 2.75) is 67.9 Å². The minimum atomic E-state index is -0.188. The van der Waals surface area contributed by atoms with Crippen LogP contribution in [0.3, 0.4) is 0 Å². The van der Waals surface area contributed by atoms with E-state index >= 15 is 0 Å². The molecule has 0 saturated carbocycles. The molecule has 0 rings (SSSR count). The highest BCUT2D eigenvalue weighted by atomic mass is 16.6. The molecule has 3 nitrogen and oxygen atoms in total. The molecule has 0 aliphatic heterocycles. The van der Waals surface area contributed by atoms with Crippen molar-refractivity contribution in [2.24, 2.45) is 11.8 Å². The molecular weight excluding hydrogens is 226 g/mol. The Bertz CT molecular complexity index is 201. The van der Waals surface area contributed by atoms with Crippen LogP contribution in [0.25, 0.3) is 0 Å². The Kier molecular flexibility index (Phi) is 12.4. The molecule has 0 aliphatic carbocycles. The Labute approximate surface area is 114 Å². The quantitative estimate of drug-likeness (QED) is 0.724. The number of amides is 1. The molecule has 0 atom stereocenters. The van der Waals surface area contributed by atoms with Gasteiger partial charge in [-0.3, -0.25) is 0 Å². The van der Waals surface area contributed by atoms with E-state index in [9.17, 15) is 4.79 Å². The first kappa shape index (κ1) is 19.6. The highest BCUT2D eigenvalue weighted by Crippen LogP contribution is 2.07. The van der Waals surface area contributed by atoms with Crippen molar-refractivity contribution in [1.82, 2.24) is 4.90 Å². The van der Waals surface area contributed by atoms with Crippen molar-refractivity contribution in [3.63, 3.8) is 0 Å². The second-order valence-electron chi connectivity index (χ2n) is 5.82. The van der Waals surface area contributed by atoms with Crippen LogP contribution < -0.4 is 0 Å². The first-order chi connectivity index (χ1) is 8.26. The van der Waals surface area contributed by atoms with Gasteiger partial charge in [-0.15, -0.1) is 0 Å². The molecule has 18 heavy (non-hydrogen) atoms. The standard InChI is InChI=1S/C12H25NO2.C3H8/c1-9(2)7-13(11(5)6)12(14)15-8-10(3)4;1-3-2/h9-11H,7-8H2,1-6H3;3H2,1-2H3. The van der Waals surface area contributed by atoms with E-state index in [-0.39, 0.29) is 12.1 Å². The fraction of sp³-hybridized carbons (Fsp3) is 0.933. The minimum absolute atomic E-state index is 0.188. The van der Waals surface area contributed by atoms with Gasteiger partial charge < -0.3 is 9.64 Å². The van der Waals surface area contributed by atoms with Crippen LogP contribution >= 0.6 is 0 Å². The summed E-state index contributed by atoms with van der Waals surface area (Å²) in [4.78, 5) is 13.5. The van der Waals surface area contributed by atoms with Gasteiger partial charge in [0, 0.05) is 12.6 Å². The molecule has 0 aromatic rings. The lowest BCUT2D eigenvalue weighted by Gasteiger charge is -2.27. The summed E-state index contributed by atoms with van der Waals surface area (Å²) in [6.45, 7) is 17.8. The second-order valence-corrected chi connectivity index (χ2v) is 5.82. The second kappa shape index (κ2) is 11.4. The largest absolute Gasteiger partial charge is 0.449 e. The molecule has 0 fully saturated rings. The van der Waals surface area contributed by atoms with E-state index in [4.69, 9.17) is 4.74 Å². The van der Waals surface area contributed by atoms with Gasteiger partial charge in [-0.05, 0) is 25.7 Å². The van der Waals surface area contributed by atoms with Crippen molar-refractivity contribution in [3.05, 3.63) is 0 Å². The van der Waals surface area contributed by atoms with Crippen molar-refractivity contribution >= 4 is 6.09 Å². The van der Waals surface area contributed by atoms with E-state index in [2.05, 4.69) is 27.7 Å². The summed E-state index contributed by atoms with van der Waals surface area (Å²) in [7, 11) is 0. The zero-order valence-electron chi connectivity index (χ0n) is 13.6. The van der Waals surface area contributed by atoms with Gasteiger partial charge in [0.1, 0.15) is 0 Å². The normalized spacial score (nSPS) is 10.4.